The number of piperidine rings is 1. The summed E-state index contributed by atoms with van der Waals surface area (Å²) in [7, 11) is 1.62. The van der Waals surface area contributed by atoms with E-state index in [9.17, 15) is 9.59 Å². The number of fused-ring (bicyclic) bond motifs is 1. The zero-order valence-corrected chi connectivity index (χ0v) is 16.5. The Morgan fingerprint density at radius 1 is 1.33 bits per heavy atom. The second kappa shape index (κ2) is 8.76. The van der Waals surface area contributed by atoms with Crippen molar-refractivity contribution < 1.29 is 14.3 Å². The van der Waals surface area contributed by atoms with E-state index in [2.05, 4.69) is 10.3 Å². The van der Waals surface area contributed by atoms with Crippen molar-refractivity contribution in [2.45, 2.75) is 19.8 Å². The molecule has 7 heteroatoms. The molecule has 0 radical (unpaired) electrons. The predicted molar refractivity (Wildman–Crippen MR) is 106 cm³/mol. The van der Waals surface area contributed by atoms with Crippen LogP contribution in [0.5, 0.6) is 0 Å². The Morgan fingerprint density at radius 3 is 2.78 bits per heavy atom. The van der Waals surface area contributed by atoms with Gasteiger partial charge in [-0.15, -0.1) is 0 Å². The highest BCUT2D eigenvalue weighted by molar-refractivity contribution is 6.31. The van der Waals surface area contributed by atoms with Gasteiger partial charge < -0.3 is 19.9 Å². The average molecular weight is 392 g/mol. The fourth-order valence-corrected chi connectivity index (χ4v) is 3.82. The zero-order valence-electron chi connectivity index (χ0n) is 15.8. The molecule has 1 unspecified atom stereocenters. The predicted octanol–water partition coefficient (Wildman–Crippen LogP) is 3.07. The van der Waals surface area contributed by atoms with Crippen molar-refractivity contribution >= 4 is 34.3 Å². The first kappa shape index (κ1) is 19.7. The van der Waals surface area contributed by atoms with Gasteiger partial charge in [-0.3, -0.25) is 9.59 Å². The molecule has 2 aromatic rings. The number of nitrogens with zero attached hydrogens (tertiary/aromatic N) is 1. The SMILES string of the molecule is COCCNC(=O)C(C)C1CCN(C(=O)c2cc3cc(Cl)ccc3[nH]2)CC1. The van der Waals surface area contributed by atoms with Gasteiger partial charge in [0.2, 0.25) is 5.91 Å². The van der Waals surface area contributed by atoms with Crippen molar-refractivity contribution in [1.82, 2.24) is 15.2 Å². The van der Waals surface area contributed by atoms with Gasteiger partial charge in [0.05, 0.1) is 6.61 Å². The van der Waals surface area contributed by atoms with Crippen LogP contribution in [0.1, 0.15) is 30.3 Å². The minimum Gasteiger partial charge on any atom is -0.383 e. The molecule has 6 nitrogen and oxygen atoms in total. The van der Waals surface area contributed by atoms with Crippen molar-refractivity contribution in [1.29, 1.82) is 0 Å². The molecule has 1 fully saturated rings. The Labute approximate surface area is 164 Å². The van der Waals surface area contributed by atoms with Gasteiger partial charge in [-0.25, -0.2) is 0 Å². The Balaban J connectivity index is 1.56. The van der Waals surface area contributed by atoms with Crippen LogP contribution in [0.4, 0.5) is 0 Å². The number of ether oxygens (including phenoxy) is 1. The van der Waals surface area contributed by atoms with Gasteiger partial charge in [0, 0.05) is 48.6 Å². The number of methoxy groups -OCH3 is 1. The molecule has 3 rings (SSSR count). The van der Waals surface area contributed by atoms with Crippen molar-refractivity contribution in [3.63, 3.8) is 0 Å². The van der Waals surface area contributed by atoms with Gasteiger partial charge in [0.25, 0.3) is 5.91 Å². The second-order valence-corrected chi connectivity index (χ2v) is 7.55. The summed E-state index contributed by atoms with van der Waals surface area (Å²) in [5.41, 5.74) is 1.48. The monoisotopic (exact) mass is 391 g/mol. The molecule has 2 N–H and O–H groups in total. The summed E-state index contributed by atoms with van der Waals surface area (Å²) >= 11 is 6.02. The summed E-state index contributed by atoms with van der Waals surface area (Å²) in [4.78, 5) is 30.1. The lowest BCUT2D eigenvalue weighted by Crippen LogP contribution is -2.43. The van der Waals surface area contributed by atoms with Crippen LogP contribution in [-0.2, 0) is 9.53 Å². The largest absolute Gasteiger partial charge is 0.383 e. The normalized spacial score (nSPS) is 16.5. The lowest BCUT2D eigenvalue weighted by Gasteiger charge is -2.34. The van der Waals surface area contributed by atoms with E-state index < -0.39 is 0 Å². The summed E-state index contributed by atoms with van der Waals surface area (Å²) in [6.07, 6.45) is 1.66. The number of hydrogen-bond donors (Lipinski definition) is 2. The standard InChI is InChI=1S/C20H26ClN3O3/c1-13(19(25)22-7-10-27-2)14-5-8-24(9-6-14)20(26)18-12-15-11-16(21)3-4-17(15)23-18/h3-4,11-14,23H,5-10H2,1-2H3,(H,22,25). The van der Waals surface area contributed by atoms with Crippen molar-refractivity contribution in [3.05, 3.63) is 35.0 Å². The molecule has 0 saturated carbocycles. The number of halogens is 1. The Morgan fingerprint density at radius 2 is 2.07 bits per heavy atom. The number of carbonyl (C=O) groups excluding carboxylic acids is 2. The third-order valence-corrected chi connectivity index (χ3v) is 5.60. The number of rotatable bonds is 6. The number of likely N-dealkylation sites (tertiary alicyclic amines) is 1. The maximum Gasteiger partial charge on any atom is 0.270 e. The summed E-state index contributed by atoms with van der Waals surface area (Å²) in [6.45, 7) is 4.33. The zero-order chi connectivity index (χ0) is 19.4. The number of nitrogens with one attached hydrogen (secondary N) is 2. The molecule has 146 valence electrons. The fraction of sp³-hybridized carbons (Fsp3) is 0.500. The molecular weight excluding hydrogens is 366 g/mol. The number of aromatic amines is 1. The summed E-state index contributed by atoms with van der Waals surface area (Å²) in [6, 6.07) is 7.38. The van der Waals surface area contributed by atoms with Gasteiger partial charge >= 0.3 is 0 Å². The minimum atomic E-state index is -0.0608. The van der Waals surface area contributed by atoms with Crippen LogP contribution in [0.15, 0.2) is 24.3 Å². The van der Waals surface area contributed by atoms with E-state index in [1.54, 1.807) is 13.2 Å². The maximum atomic E-state index is 12.8. The topological polar surface area (TPSA) is 74.4 Å². The molecule has 1 aromatic heterocycles. The molecule has 2 amide bonds. The van der Waals surface area contributed by atoms with E-state index >= 15 is 0 Å². The Kier molecular flexibility index (Phi) is 6.39. The van der Waals surface area contributed by atoms with Crippen LogP contribution >= 0.6 is 11.6 Å². The highest BCUT2D eigenvalue weighted by Crippen LogP contribution is 2.27. The first-order valence-electron chi connectivity index (χ1n) is 9.34. The van der Waals surface area contributed by atoms with Gasteiger partial charge in [-0.2, -0.15) is 0 Å². The highest BCUT2D eigenvalue weighted by atomic mass is 35.5. The highest BCUT2D eigenvalue weighted by Gasteiger charge is 2.30. The average Bonchev–Trinajstić information content (AvgIpc) is 3.10. The quantitative estimate of drug-likeness (QED) is 0.743. The summed E-state index contributed by atoms with van der Waals surface area (Å²) in [5.74, 6) is 0.287. The number of carbonyl (C=O) groups is 2. The molecule has 1 saturated heterocycles. The van der Waals surface area contributed by atoms with E-state index in [0.717, 1.165) is 23.7 Å². The van der Waals surface area contributed by atoms with Crippen molar-refractivity contribution in [2.24, 2.45) is 11.8 Å². The molecule has 1 aliphatic heterocycles. The van der Waals surface area contributed by atoms with Crippen LogP contribution in [0.3, 0.4) is 0 Å². The van der Waals surface area contributed by atoms with Crippen molar-refractivity contribution in [3.8, 4) is 0 Å². The van der Waals surface area contributed by atoms with E-state index in [0.29, 0.717) is 37.0 Å². The first-order valence-corrected chi connectivity index (χ1v) is 9.71. The molecule has 1 atom stereocenters. The van der Waals surface area contributed by atoms with Crippen LogP contribution < -0.4 is 5.32 Å². The van der Waals surface area contributed by atoms with Crippen molar-refractivity contribution in [2.75, 3.05) is 33.4 Å². The van der Waals surface area contributed by atoms with E-state index in [1.165, 1.54) is 0 Å². The molecule has 2 heterocycles. The lowest BCUT2D eigenvalue weighted by atomic mass is 9.85. The van der Waals surface area contributed by atoms with Gasteiger partial charge in [-0.05, 0) is 43.0 Å². The Hall–Kier alpha value is -2.05. The van der Waals surface area contributed by atoms with Gasteiger partial charge in [-0.1, -0.05) is 18.5 Å². The van der Waals surface area contributed by atoms with Gasteiger partial charge in [0.1, 0.15) is 5.69 Å². The molecule has 0 aliphatic carbocycles. The number of aromatic nitrogens is 1. The fourth-order valence-electron chi connectivity index (χ4n) is 3.64. The third-order valence-electron chi connectivity index (χ3n) is 5.37. The number of amides is 2. The molecule has 0 bridgehead atoms. The Bertz CT molecular complexity index is 812. The van der Waals surface area contributed by atoms with Crippen LogP contribution in [0.2, 0.25) is 5.02 Å². The molecule has 0 spiro atoms. The number of H-pyrrole nitrogens is 1. The molecule has 27 heavy (non-hydrogen) atoms. The summed E-state index contributed by atoms with van der Waals surface area (Å²) in [5, 5.41) is 4.48. The van der Waals surface area contributed by atoms with Crippen LogP contribution in [0, 0.1) is 11.8 Å². The lowest BCUT2D eigenvalue weighted by molar-refractivity contribution is -0.126. The maximum absolute atomic E-state index is 12.8. The molecular formula is C20H26ClN3O3. The van der Waals surface area contributed by atoms with Crippen LogP contribution in [0.25, 0.3) is 10.9 Å². The first-order chi connectivity index (χ1) is 13.0. The van der Waals surface area contributed by atoms with E-state index in [4.69, 9.17) is 16.3 Å². The van der Waals surface area contributed by atoms with E-state index in [1.807, 2.05) is 30.0 Å². The molecule has 1 aromatic carbocycles. The summed E-state index contributed by atoms with van der Waals surface area (Å²) < 4.78 is 4.96. The second-order valence-electron chi connectivity index (χ2n) is 7.12. The van der Waals surface area contributed by atoms with E-state index in [-0.39, 0.29) is 23.7 Å². The number of benzene rings is 1. The third kappa shape index (κ3) is 4.62. The van der Waals surface area contributed by atoms with Crippen LogP contribution in [-0.4, -0.2) is 55.0 Å². The number of hydrogen-bond acceptors (Lipinski definition) is 3. The smallest absolute Gasteiger partial charge is 0.270 e. The minimum absolute atomic E-state index is 0.00188. The molecule has 1 aliphatic rings. The van der Waals surface area contributed by atoms with Gasteiger partial charge in [0.15, 0.2) is 0 Å².